The molecule has 0 aliphatic carbocycles. The molecule has 0 bridgehead atoms. The van der Waals surface area contributed by atoms with Gasteiger partial charge in [-0.15, -0.1) is 10.2 Å². The molecule has 0 spiro atoms. The van der Waals surface area contributed by atoms with Gasteiger partial charge in [-0.25, -0.2) is 8.78 Å². The van der Waals surface area contributed by atoms with Gasteiger partial charge in [0.15, 0.2) is 0 Å². The van der Waals surface area contributed by atoms with E-state index in [2.05, 4.69) is 10.2 Å². The Hall–Kier alpha value is -3.66. The van der Waals surface area contributed by atoms with E-state index in [0.717, 1.165) is 34.4 Å². The number of anilines is 1. The fourth-order valence-corrected chi connectivity index (χ4v) is 4.13. The van der Waals surface area contributed by atoms with E-state index in [0.29, 0.717) is 5.01 Å². The number of nitrogens with zero attached hydrogens (tertiary/aromatic N) is 3. The maximum Gasteiger partial charge on any atom is 0.301 e. The Labute approximate surface area is 179 Å². The lowest BCUT2D eigenvalue weighted by atomic mass is 9.95. The van der Waals surface area contributed by atoms with Gasteiger partial charge in [0.2, 0.25) is 5.13 Å². The minimum absolute atomic E-state index is 0.0925. The lowest BCUT2D eigenvalue weighted by Gasteiger charge is -2.22. The summed E-state index contributed by atoms with van der Waals surface area (Å²) >= 11 is 1.06. The van der Waals surface area contributed by atoms with Crippen molar-refractivity contribution in [2.24, 2.45) is 0 Å². The Morgan fingerprint density at radius 2 is 1.87 bits per heavy atom. The predicted molar refractivity (Wildman–Crippen MR) is 109 cm³/mol. The number of rotatable bonds is 4. The number of halogens is 2. The molecule has 2 aromatic carbocycles. The number of Topliss-reactive ketones (excluding diaryl/α,β-unsaturated/α-hetero) is 1. The van der Waals surface area contributed by atoms with Gasteiger partial charge < -0.3 is 9.84 Å². The number of hydrogen-bond acceptors (Lipinski definition) is 7. The average Bonchev–Trinajstić information content (AvgIpc) is 3.28. The minimum Gasteiger partial charge on any atom is -0.507 e. The topological polar surface area (TPSA) is 92.6 Å². The van der Waals surface area contributed by atoms with Crippen LogP contribution in [0.5, 0.6) is 5.75 Å². The van der Waals surface area contributed by atoms with Gasteiger partial charge >= 0.3 is 5.91 Å². The van der Waals surface area contributed by atoms with Crippen LogP contribution in [0.15, 0.2) is 48.0 Å². The maximum absolute atomic E-state index is 14.0. The fraction of sp³-hybridized carbons (Fsp3) is 0.143. The molecule has 3 aromatic rings. The summed E-state index contributed by atoms with van der Waals surface area (Å²) < 4.78 is 33.1. The van der Waals surface area contributed by atoms with Crippen LogP contribution in [0, 0.1) is 18.6 Å². The van der Waals surface area contributed by atoms with Crippen LogP contribution >= 0.6 is 11.3 Å². The Morgan fingerprint density at radius 3 is 2.52 bits per heavy atom. The van der Waals surface area contributed by atoms with E-state index in [4.69, 9.17) is 4.74 Å². The van der Waals surface area contributed by atoms with Crippen LogP contribution in [0.1, 0.15) is 22.2 Å². The van der Waals surface area contributed by atoms with E-state index in [1.807, 2.05) is 0 Å². The molecular formula is C21H15F2N3O4S. The molecule has 1 saturated heterocycles. The third-order valence-electron chi connectivity index (χ3n) is 4.75. The Bertz CT molecular complexity index is 1240. The van der Waals surface area contributed by atoms with Gasteiger partial charge in [-0.3, -0.25) is 14.5 Å². The second kappa shape index (κ2) is 7.88. The Balaban J connectivity index is 1.99. The van der Waals surface area contributed by atoms with Gasteiger partial charge in [-0.2, -0.15) is 0 Å². The largest absolute Gasteiger partial charge is 0.507 e. The molecule has 0 unspecified atom stereocenters. The number of ketones is 1. The molecule has 1 amide bonds. The van der Waals surface area contributed by atoms with Crippen LogP contribution < -0.4 is 9.64 Å². The summed E-state index contributed by atoms with van der Waals surface area (Å²) in [5.41, 5.74) is -0.230. The lowest BCUT2D eigenvalue weighted by Crippen LogP contribution is -2.29. The van der Waals surface area contributed by atoms with Gasteiger partial charge in [0, 0.05) is 0 Å². The zero-order valence-electron chi connectivity index (χ0n) is 16.3. The predicted octanol–water partition coefficient (Wildman–Crippen LogP) is 3.76. The molecule has 1 aromatic heterocycles. The number of hydrogen-bond donors (Lipinski definition) is 1. The lowest BCUT2D eigenvalue weighted by molar-refractivity contribution is -0.132. The van der Waals surface area contributed by atoms with Gasteiger partial charge in [-0.1, -0.05) is 23.5 Å². The van der Waals surface area contributed by atoms with Gasteiger partial charge in [-0.05, 0) is 42.8 Å². The molecule has 0 saturated carbocycles. The van der Waals surface area contributed by atoms with Crippen molar-refractivity contribution in [1.82, 2.24) is 10.2 Å². The summed E-state index contributed by atoms with van der Waals surface area (Å²) in [5, 5.41) is 19.5. The summed E-state index contributed by atoms with van der Waals surface area (Å²) in [6.45, 7) is 1.67. The number of aliphatic hydroxyl groups excluding tert-OH is 1. The second-order valence-corrected chi connectivity index (χ2v) is 7.83. The van der Waals surface area contributed by atoms with Crippen molar-refractivity contribution in [2.45, 2.75) is 13.0 Å². The average molecular weight is 443 g/mol. The number of aliphatic hydroxyl groups is 1. The van der Waals surface area contributed by atoms with Crippen LogP contribution in [0.2, 0.25) is 0 Å². The van der Waals surface area contributed by atoms with Crippen LogP contribution in [0.4, 0.5) is 13.9 Å². The quantitative estimate of drug-likeness (QED) is 0.375. The number of benzene rings is 2. The summed E-state index contributed by atoms with van der Waals surface area (Å²) in [6, 6.07) is 7.48. The fourth-order valence-electron chi connectivity index (χ4n) is 3.42. The summed E-state index contributed by atoms with van der Waals surface area (Å²) in [5.74, 6) is -3.82. The standard InChI is InChI=1S/C21H15F2N3O4S/c1-10-24-25-21(31-10)26-17(11-4-3-5-12(22)8-11)16(19(28)20(26)29)18(27)14-9-13(23)6-7-15(14)30-2/h3-9,17,27H,1-2H3/b18-16+/t17-/m1/s1. The normalized spacial score (nSPS) is 17.9. The first-order chi connectivity index (χ1) is 14.8. The highest BCUT2D eigenvalue weighted by Gasteiger charge is 2.48. The molecule has 1 fully saturated rings. The van der Waals surface area contributed by atoms with E-state index in [9.17, 15) is 23.5 Å². The van der Waals surface area contributed by atoms with Crippen molar-refractivity contribution in [3.05, 3.63) is 75.8 Å². The Morgan fingerprint density at radius 1 is 1.13 bits per heavy atom. The highest BCUT2D eigenvalue weighted by Crippen LogP contribution is 2.44. The molecule has 2 heterocycles. The van der Waals surface area contributed by atoms with E-state index >= 15 is 0 Å². The maximum atomic E-state index is 14.0. The van der Waals surface area contributed by atoms with E-state index in [1.165, 1.54) is 31.4 Å². The van der Waals surface area contributed by atoms with Crippen LogP contribution in [-0.2, 0) is 9.59 Å². The zero-order chi connectivity index (χ0) is 22.3. The highest BCUT2D eigenvalue weighted by atomic mass is 32.1. The van der Waals surface area contributed by atoms with Crippen molar-refractivity contribution in [3.63, 3.8) is 0 Å². The number of aryl methyl sites for hydroxylation is 1. The minimum atomic E-state index is -1.20. The molecular weight excluding hydrogens is 428 g/mol. The summed E-state index contributed by atoms with van der Waals surface area (Å²) in [7, 11) is 1.32. The first-order valence-electron chi connectivity index (χ1n) is 9.02. The number of amides is 1. The van der Waals surface area contributed by atoms with Crippen LogP contribution in [0.25, 0.3) is 5.76 Å². The first kappa shape index (κ1) is 20.6. The first-order valence-corrected chi connectivity index (χ1v) is 9.84. The zero-order valence-corrected chi connectivity index (χ0v) is 17.1. The molecule has 0 radical (unpaired) electrons. The number of carbonyl (C=O) groups is 2. The molecule has 4 rings (SSSR count). The SMILES string of the molecule is COc1ccc(F)cc1/C(O)=C1\C(=O)C(=O)N(c2nnc(C)s2)[C@@H]1c1cccc(F)c1. The van der Waals surface area contributed by atoms with Crippen molar-refractivity contribution in [2.75, 3.05) is 12.0 Å². The molecule has 31 heavy (non-hydrogen) atoms. The van der Waals surface area contributed by atoms with Crippen molar-refractivity contribution in [3.8, 4) is 5.75 Å². The third kappa shape index (κ3) is 3.55. The molecule has 10 heteroatoms. The van der Waals surface area contributed by atoms with E-state index < -0.39 is 35.1 Å². The molecule has 1 aliphatic rings. The van der Waals surface area contributed by atoms with Crippen molar-refractivity contribution < 1.29 is 28.2 Å². The number of aromatic nitrogens is 2. The molecule has 1 aliphatic heterocycles. The number of methoxy groups -OCH3 is 1. The summed E-state index contributed by atoms with van der Waals surface area (Å²) in [4.78, 5) is 27.0. The van der Waals surface area contributed by atoms with E-state index in [1.54, 1.807) is 6.92 Å². The monoisotopic (exact) mass is 443 g/mol. The van der Waals surface area contributed by atoms with Crippen molar-refractivity contribution in [1.29, 1.82) is 0 Å². The number of carbonyl (C=O) groups excluding carboxylic acids is 2. The summed E-state index contributed by atoms with van der Waals surface area (Å²) in [6.07, 6.45) is 0. The van der Waals surface area contributed by atoms with E-state index in [-0.39, 0.29) is 27.6 Å². The second-order valence-electron chi connectivity index (χ2n) is 6.67. The molecule has 1 N–H and O–H groups in total. The van der Waals surface area contributed by atoms with Crippen LogP contribution in [-0.4, -0.2) is 34.1 Å². The highest BCUT2D eigenvalue weighted by molar-refractivity contribution is 7.15. The van der Waals surface area contributed by atoms with Gasteiger partial charge in [0.25, 0.3) is 5.78 Å². The molecule has 158 valence electrons. The smallest absolute Gasteiger partial charge is 0.301 e. The van der Waals surface area contributed by atoms with Crippen LogP contribution in [0.3, 0.4) is 0 Å². The molecule has 7 nitrogen and oxygen atoms in total. The van der Waals surface area contributed by atoms with Gasteiger partial charge in [0.1, 0.15) is 28.2 Å². The van der Waals surface area contributed by atoms with Crippen molar-refractivity contribution >= 4 is 33.9 Å². The van der Waals surface area contributed by atoms with Gasteiger partial charge in [0.05, 0.1) is 24.3 Å². The Kier molecular flexibility index (Phi) is 5.24. The third-order valence-corrected chi connectivity index (χ3v) is 5.58. The number of ether oxygens (including phenoxy) is 1. The molecule has 1 atom stereocenters.